The largest absolute Gasteiger partial charge is 0.310 e. The van der Waals surface area contributed by atoms with Crippen molar-refractivity contribution in [3.05, 3.63) is 5.82 Å². The maximum atomic E-state index is 4.00. The third-order valence-corrected chi connectivity index (χ3v) is 2.48. The van der Waals surface area contributed by atoms with E-state index in [4.69, 9.17) is 0 Å². The van der Waals surface area contributed by atoms with Crippen molar-refractivity contribution < 1.29 is 0 Å². The van der Waals surface area contributed by atoms with Crippen LogP contribution in [0.25, 0.3) is 0 Å². The summed E-state index contributed by atoms with van der Waals surface area (Å²) in [6.45, 7) is 6.02. The predicted octanol–water partition coefficient (Wildman–Crippen LogP) is 0.363. The average molecular weight is 181 g/mol. The molecule has 1 aromatic heterocycles. The molecule has 1 fully saturated rings. The van der Waals surface area contributed by atoms with E-state index in [9.17, 15) is 0 Å². The Morgan fingerprint density at radius 3 is 3.00 bits per heavy atom. The third-order valence-electron chi connectivity index (χ3n) is 2.48. The lowest BCUT2D eigenvalue weighted by Gasteiger charge is -2.02. The molecule has 2 atom stereocenters. The maximum absolute atomic E-state index is 4.00. The molecule has 0 radical (unpaired) electrons. The first-order valence-corrected chi connectivity index (χ1v) is 4.80. The fourth-order valence-electron chi connectivity index (χ4n) is 1.47. The summed E-state index contributed by atoms with van der Waals surface area (Å²) in [6.07, 6.45) is 1.21. The highest BCUT2D eigenvalue weighted by molar-refractivity contribution is 4.93. The minimum absolute atomic E-state index is 0.545. The highest BCUT2D eigenvalue weighted by atomic mass is 15.6. The van der Waals surface area contributed by atoms with Gasteiger partial charge in [-0.2, -0.15) is 0 Å². The molecule has 1 N–H and O–H groups in total. The van der Waals surface area contributed by atoms with Crippen molar-refractivity contribution >= 4 is 0 Å². The van der Waals surface area contributed by atoms with Gasteiger partial charge in [-0.3, -0.25) is 0 Å². The molecule has 72 valence electrons. The standard InChI is InChI=1S/C8H15N5/c1-3-9-5-8-10-11-12-13(8)7-4-6(7)2/h6-7,9H,3-5H2,1-2H3. The Bertz CT molecular complexity index is 282. The monoisotopic (exact) mass is 181 g/mol. The van der Waals surface area contributed by atoms with E-state index in [1.807, 2.05) is 4.68 Å². The molecule has 1 aliphatic rings. The van der Waals surface area contributed by atoms with Gasteiger partial charge in [0.25, 0.3) is 0 Å². The molecule has 0 saturated heterocycles. The fraction of sp³-hybridized carbons (Fsp3) is 0.875. The van der Waals surface area contributed by atoms with Crippen molar-refractivity contribution in [2.24, 2.45) is 5.92 Å². The molecule has 5 nitrogen and oxygen atoms in total. The van der Waals surface area contributed by atoms with Gasteiger partial charge < -0.3 is 5.32 Å². The van der Waals surface area contributed by atoms with Crippen LogP contribution in [-0.2, 0) is 6.54 Å². The lowest BCUT2D eigenvalue weighted by molar-refractivity contribution is 0.538. The predicted molar refractivity (Wildman–Crippen MR) is 48.0 cm³/mol. The van der Waals surface area contributed by atoms with Crippen molar-refractivity contribution in [3.8, 4) is 0 Å². The Kier molecular flexibility index (Phi) is 2.26. The van der Waals surface area contributed by atoms with E-state index >= 15 is 0 Å². The average Bonchev–Trinajstić information content (AvgIpc) is 2.66. The van der Waals surface area contributed by atoms with Crippen LogP contribution in [0.15, 0.2) is 0 Å². The zero-order valence-corrected chi connectivity index (χ0v) is 8.06. The van der Waals surface area contributed by atoms with Gasteiger partial charge in [0.2, 0.25) is 0 Å². The van der Waals surface area contributed by atoms with Gasteiger partial charge in [0.1, 0.15) is 0 Å². The highest BCUT2D eigenvalue weighted by Crippen LogP contribution is 2.42. The summed E-state index contributed by atoms with van der Waals surface area (Å²) >= 11 is 0. The summed E-state index contributed by atoms with van der Waals surface area (Å²) in [5, 5.41) is 14.9. The van der Waals surface area contributed by atoms with Gasteiger partial charge in [0.05, 0.1) is 12.6 Å². The quantitative estimate of drug-likeness (QED) is 0.729. The van der Waals surface area contributed by atoms with Gasteiger partial charge >= 0.3 is 0 Å². The van der Waals surface area contributed by atoms with Crippen LogP contribution in [0.1, 0.15) is 32.1 Å². The van der Waals surface area contributed by atoms with Crippen molar-refractivity contribution in [2.45, 2.75) is 32.9 Å². The lowest BCUT2D eigenvalue weighted by atomic mass is 10.4. The minimum Gasteiger partial charge on any atom is -0.310 e. The zero-order valence-electron chi connectivity index (χ0n) is 8.06. The van der Waals surface area contributed by atoms with Crippen LogP contribution < -0.4 is 5.32 Å². The van der Waals surface area contributed by atoms with Crippen molar-refractivity contribution in [3.63, 3.8) is 0 Å². The number of nitrogens with one attached hydrogen (secondary N) is 1. The molecule has 0 aromatic carbocycles. The second-order valence-corrected chi connectivity index (χ2v) is 3.60. The molecular weight excluding hydrogens is 166 g/mol. The van der Waals surface area contributed by atoms with Gasteiger partial charge in [-0.15, -0.1) is 5.10 Å². The maximum Gasteiger partial charge on any atom is 0.165 e. The summed E-state index contributed by atoms with van der Waals surface area (Å²) < 4.78 is 1.95. The second kappa shape index (κ2) is 3.41. The first-order chi connectivity index (χ1) is 6.33. The first kappa shape index (κ1) is 8.62. The molecule has 0 bridgehead atoms. The smallest absolute Gasteiger partial charge is 0.165 e. The first-order valence-electron chi connectivity index (χ1n) is 4.80. The zero-order chi connectivity index (χ0) is 9.26. The number of hydrogen-bond acceptors (Lipinski definition) is 4. The molecule has 2 unspecified atom stereocenters. The molecule has 0 spiro atoms. The molecular formula is C8H15N5. The summed E-state index contributed by atoms with van der Waals surface area (Å²) in [5.74, 6) is 1.69. The molecule has 1 saturated carbocycles. The van der Waals surface area contributed by atoms with Crippen LogP contribution in [0.2, 0.25) is 0 Å². The Morgan fingerprint density at radius 2 is 2.38 bits per heavy atom. The van der Waals surface area contributed by atoms with E-state index in [2.05, 4.69) is 34.7 Å². The fourth-order valence-corrected chi connectivity index (χ4v) is 1.47. The van der Waals surface area contributed by atoms with E-state index in [1.165, 1.54) is 6.42 Å². The minimum atomic E-state index is 0.545. The van der Waals surface area contributed by atoms with Crippen LogP contribution in [0, 0.1) is 5.92 Å². The van der Waals surface area contributed by atoms with Crippen molar-refractivity contribution in [1.29, 1.82) is 0 Å². The Hall–Kier alpha value is -0.970. The molecule has 1 heterocycles. The van der Waals surface area contributed by atoms with E-state index < -0.39 is 0 Å². The van der Waals surface area contributed by atoms with Crippen LogP contribution >= 0.6 is 0 Å². The number of rotatable bonds is 4. The summed E-state index contributed by atoms with van der Waals surface area (Å²) in [7, 11) is 0. The van der Waals surface area contributed by atoms with Crippen molar-refractivity contribution in [1.82, 2.24) is 25.5 Å². The van der Waals surface area contributed by atoms with E-state index in [-0.39, 0.29) is 0 Å². The summed E-state index contributed by atoms with van der Waals surface area (Å²) in [4.78, 5) is 0. The summed E-state index contributed by atoms with van der Waals surface area (Å²) in [5.41, 5.74) is 0. The van der Waals surface area contributed by atoms with Crippen LogP contribution in [0.3, 0.4) is 0 Å². The van der Waals surface area contributed by atoms with Gasteiger partial charge in [0.15, 0.2) is 5.82 Å². The molecule has 0 amide bonds. The molecule has 5 heteroatoms. The van der Waals surface area contributed by atoms with Crippen LogP contribution in [0.4, 0.5) is 0 Å². The van der Waals surface area contributed by atoms with E-state index in [0.717, 1.165) is 24.8 Å². The topological polar surface area (TPSA) is 55.6 Å². The number of nitrogens with zero attached hydrogens (tertiary/aromatic N) is 4. The van der Waals surface area contributed by atoms with Gasteiger partial charge in [-0.05, 0) is 29.3 Å². The molecule has 1 aromatic rings. The SMILES string of the molecule is CCNCc1nnnn1C1CC1C. The molecule has 2 rings (SSSR count). The number of tetrazole rings is 1. The van der Waals surface area contributed by atoms with Gasteiger partial charge in [-0.25, -0.2) is 4.68 Å². The highest BCUT2D eigenvalue weighted by Gasteiger charge is 2.36. The third kappa shape index (κ3) is 1.70. The summed E-state index contributed by atoms with van der Waals surface area (Å²) in [6, 6.07) is 0.545. The number of hydrogen-bond donors (Lipinski definition) is 1. The van der Waals surface area contributed by atoms with Crippen LogP contribution in [0.5, 0.6) is 0 Å². The normalized spacial score (nSPS) is 26.3. The van der Waals surface area contributed by atoms with Crippen LogP contribution in [-0.4, -0.2) is 26.8 Å². The van der Waals surface area contributed by atoms with E-state index in [1.54, 1.807) is 0 Å². The second-order valence-electron chi connectivity index (χ2n) is 3.60. The molecule has 13 heavy (non-hydrogen) atoms. The lowest BCUT2D eigenvalue weighted by Crippen LogP contribution is -2.16. The van der Waals surface area contributed by atoms with Gasteiger partial charge in [0, 0.05) is 0 Å². The molecule has 1 aliphatic carbocycles. The van der Waals surface area contributed by atoms with Gasteiger partial charge in [-0.1, -0.05) is 13.8 Å². The van der Waals surface area contributed by atoms with Crippen molar-refractivity contribution in [2.75, 3.05) is 6.54 Å². The molecule has 0 aliphatic heterocycles. The Balaban J connectivity index is 2.03. The number of aromatic nitrogens is 4. The Morgan fingerprint density at radius 1 is 1.62 bits per heavy atom. The van der Waals surface area contributed by atoms with E-state index in [0.29, 0.717) is 6.04 Å². The Labute approximate surface area is 77.5 Å².